The van der Waals surface area contributed by atoms with Gasteiger partial charge in [0, 0.05) is 24.2 Å². The van der Waals surface area contributed by atoms with E-state index in [9.17, 15) is 9.59 Å². The minimum Gasteiger partial charge on any atom is -0.299 e. The second-order valence-corrected chi connectivity index (χ2v) is 8.13. The summed E-state index contributed by atoms with van der Waals surface area (Å²) in [6.07, 6.45) is 8.52. The van der Waals surface area contributed by atoms with Gasteiger partial charge in [0.25, 0.3) is 0 Å². The van der Waals surface area contributed by atoms with Gasteiger partial charge >= 0.3 is 0 Å². The Labute approximate surface area is 115 Å². The lowest BCUT2D eigenvalue weighted by atomic mass is 9.55. The van der Waals surface area contributed by atoms with Crippen LogP contribution in [0.5, 0.6) is 0 Å². The van der Waals surface area contributed by atoms with Crippen LogP contribution in [-0.4, -0.2) is 11.6 Å². The number of carbonyl (C=O) groups excluding carboxylic acids is 2. The van der Waals surface area contributed by atoms with Crippen molar-refractivity contribution in [1.29, 1.82) is 0 Å². The number of Topliss-reactive ketones (excluding diaryl/α,β-unsaturated/α-hetero) is 2. The molecular formula is C17H24O2. The Morgan fingerprint density at radius 1 is 1.05 bits per heavy atom. The van der Waals surface area contributed by atoms with Crippen LogP contribution in [0.2, 0.25) is 0 Å². The Hall–Kier alpha value is -0.660. The van der Waals surface area contributed by atoms with E-state index in [-0.39, 0.29) is 16.7 Å². The van der Waals surface area contributed by atoms with E-state index in [0.29, 0.717) is 29.3 Å². The van der Waals surface area contributed by atoms with Gasteiger partial charge in [-0.05, 0) is 55.3 Å². The van der Waals surface area contributed by atoms with Gasteiger partial charge in [-0.3, -0.25) is 9.59 Å². The monoisotopic (exact) mass is 260 g/mol. The molecule has 0 aliphatic heterocycles. The van der Waals surface area contributed by atoms with Crippen molar-refractivity contribution in [3.05, 3.63) is 0 Å². The Kier molecular flexibility index (Phi) is 2.12. The highest BCUT2D eigenvalue weighted by atomic mass is 16.1. The third kappa shape index (κ3) is 1.24. The molecule has 4 fully saturated rings. The maximum absolute atomic E-state index is 12.9. The average Bonchev–Trinajstić information content (AvgIpc) is 3.01. The zero-order valence-electron chi connectivity index (χ0n) is 12.1. The molecular weight excluding hydrogens is 236 g/mol. The number of rotatable bonds is 0. The highest BCUT2D eigenvalue weighted by molar-refractivity contribution is 5.96. The fourth-order valence-electron chi connectivity index (χ4n) is 6.36. The summed E-state index contributed by atoms with van der Waals surface area (Å²) in [5.41, 5.74) is 0.392. The third-order valence-corrected chi connectivity index (χ3v) is 7.26. The fourth-order valence-corrected chi connectivity index (χ4v) is 6.36. The smallest absolute Gasteiger partial charge is 0.140 e. The minimum absolute atomic E-state index is 0.0175. The molecule has 4 atom stereocenters. The first kappa shape index (κ1) is 12.1. The Balaban J connectivity index is 1.86. The van der Waals surface area contributed by atoms with E-state index in [2.05, 4.69) is 13.8 Å². The van der Waals surface area contributed by atoms with Gasteiger partial charge in [-0.15, -0.1) is 0 Å². The van der Waals surface area contributed by atoms with E-state index in [1.807, 2.05) is 0 Å². The fraction of sp³-hybridized carbons (Fsp3) is 0.882. The van der Waals surface area contributed by atoms with E-state index in [0.717, 1.165) is 19.3 Å². The van der Waals surface area contributed by atoms with Crippen molar-refractivity contribution in [3.8, 4) is 0 Å². The van der Waals surface area contributed by atoms with Crippen molar-refractivity contribution < 1.29 is 9.59 Å². The van der Waals surface area contributed by atoms with Crippen molar-refractivity contribution in [2.24, 2.45) is 28.1 Å². The van der Waals surface area contributed by atoms with Crippen LogP contribution in [0.15, 0.2) is 0 Å². The van der Waals surface area contributed by atoms with E-state index in [1.54, 1.807) is 0 Å². The third-order valence-electron chi connectivity index (χ3n) is 7.26. The molecule has 2 heteroatoms. The van der Waals surface area contributed by atoms with Gasteiger partial charge in [0.2, 0.25) is 0 Å². The molecule has 2 spiro atoms. The summed E-state index contributed by atoms with van der Waals surface area (Å²) >= 11 is 0. The molecule has 0 aromatic rings. The van der Waals surface area contributed by atoms with Gasteiger partial charge in [-0.1, -0.05) is 13.8 Å². The molecule has 19 heavy (non-hydrogen) atoms. The molecule has 0 aromatic heterocycles. The molecule has 4 saturated carbocycles. The second-order valence-electron chi connectivity index (χ2n) is 8.13. The number of fused-ring (bicyclic) bond motifs is 3. The lowest BCUT2D eigenvalue weighted by Crippen LogP contribution is -2.48. The van der Waals surface area contributed by atoms with Crippen LogP contribution >= 0.6 is 0 Å². The van der Waals surface area contributed by atoms with Gasteiger partial charge in [0.1, 0.15) is 11.6 Å². The molecule has 0 unspecified atom stereocenters. The molecule has 0 N–H and O–H groups in total. The van der Waals surface area contributed by atoms with Crippen LogP contribution in [0.3, 0.4) is 0 Å². The quantitative estimate of drug-likeness (QED) is 0.667. The molecule has 4 aliphatic carbocycles. The zero-order valence-corrected chi connectivity index (χ0v) is 12.1. The number of hydrogen-bond acceptors (Lipinski definition) is 2. The van der Waals surface area contributed by atoms with Gasteiger partial charge in [-0.25, -0.2) is 0 Å². The number of hydrogen-bond donors (Lipinski definition) is 0. The highest BCUT2D eigenvalue weighted by Crippen LogP contribution is 2.78. The second kappa shape index (κ2) is 3.32. The molecule has 0 aromatic carbocycles. The van der Waals surface area contributed by atoms with Crippen molar-refractivity contribution in [2.45, 2.75) is 65.2 Å². The summed E-state index contributed by atoms with van der Waals surface area (Å²) in [5.74, 6) is 1.29. The normalized spacial score (nSPS) is 51.1. The summed E-state index contributed by atoms with van der Waals surface area (Å²) in [5, 5.41) is 0. The highest BCUT2D eigenvalue weighted by Gasteiger charge is 2.74. The first-order valence-corrected chi connectivity index (χ1v) is 8.01. The summed E-state index contributed by atoms with van der Waals surface area (Å²) in [7, 11) is 0. The topological polar surface area (TPSA) is 34.1 Å². The van der Waals surface area contributed by atoms with Crippen LogP contribution < -0.4 is 0 Å². The molecule has 0 amide bonds. The largest absolute Gasteiger partial charge is 0.299 e. The maximum atomic E-state index is 12.9. The van der Waals surface area contributed by atoms with E-state index < -0.39 is 0 Å². The van der Waals surface area contributed by atoms with E-state index in [1.165, 1.54) is 25.7 Å². The lowest BCUT2D eigenvalue weighted by Gasteiger charge is -2.46. The van der Waals surface area contributed by atoms with Crippen LogP contribution in [0.1, 0.15) is 65.2 Å². The SMILES string of the molecule is C[C@H]1C(=O)CCC[C@]12C(=O)C[C@]1(C)CCC3(CC3)[C@@H]12. The summed E-state index contributed by atoms with van der Waals surface area (Å²) < 4.78 is 0. The lowest BCUT2D eigenvalue weighted by molar-refractivity contribution is -0.145. The van der Waals surface area contributed by atoms with Crippen LogP contribution in [0.4, 0.5) is 0 Å². The van der Waals surface area contributed by atoms with Crippen LogP contribution in [-0.2, 0) is 9.59 Å². The van der Waals surface area contributed by atoms with Crippen LogP contribution in [0, 0.1) is 28.1 Å². The zero-order chi connectivity index (χ0) is 13.5. The van der Waals surface area contributed by atoms with E-state index in [4.69, 9.17) is 0 Å². The average molecular weight is 260 g/mol. The summed E-state index contributed by atoms with van der Waals surface area (Å²) in [4.78, 5) is 25.2. The maximum Gasteiger partial charge on any atom is 0.140 e. The van der Waals surface area contributed by atoms with Gasteiger partial charge < -0.3 is 0 Å². The predicted octanol–water partition coefficient (Wildman–Crippen LogP) is 3.53. The Morgan fingerprint density at radius 2 is 1.74 bits per heavy atom. The van der Waals surface area contributed by atoms with Gasteiger partial charge in [-0.2, -0.15) is 0 Å². The van der Waals surface area contributed by atoms with Crippen molar-refractivity contribution >= 4 is 11.6 Å². The summed E-state index contributed by atoms with van der Waals surface area (Å²) in [6.45, 7) is 4.39. The minimum atomic E-state index is -0.267. The molecule has 4 aliphatic rings. The number of ketones is 2. The Bertz CT molecular complexity index is 476. The predicted molar refractivity (Wildman–Crippen MR) is 72.6 cm³/mol. The molecule has 0 saturated heterocycles. The molecule has 104 valence electrons. The van der Waals surface area contributed by atoms with E-state index >= 15 is 0 Å². The van der Waals surface area contributed by atoms with Crippen molar-refractivity contribution in [1.82, 2.24) is 0 Å². The van der Waals surface area contributed by atoms with Crippen molar-refractivity contribution in [3.63, 3.8) is 0 Å². The molecule has 2 nitrogen and oxygen atoms in total. The van der Waals surface area contributed by atoms with Gasteiger partial charge in [0.15, 0.2) is 0 Å². The first-order chi connectivity index (χ1) is 8.95. The molecule has 0 heterocycles. The first-order valence-electron chi connectivity index (χ1n) is 8.01. The summed E-state index contributed by atoms with van der Waals surface area (Å²) in [6, 6.07) is 0. The Morgan fingerprint density at radius 3 is 2.42 bits per heavy atom. The number of carbonyl (C=O) groups is 2. The molecule has 4 rings (SSSR count). The van der Waals surface area contributed by atoms with Gasteiger partial charge in [0.05, 0.1) is 0 Å². The standard InChI is InChI=1S/C17H24O2/c1-11-12(18)4-3-5-17(11)13(19)10-15(2)6-7-16(8-9-16)14(15)17/h11,14H,3-10H2,1-2H3/t11-,14+,15-,17+/m0/s1. The molecule has 0 radical (unpaired) electrons. The van der Waals surface area contributed by atoms with Crippen molar-refractivity contribution in [2.75, 3.05) is 0 Å². The molecule has 0 bridgehead atoms. The van der Waals surface area contributed by atoms with Crippen LogP contribution in [0.25, 0.3) is 0 Å².